The summed E-state index contributed by atoms with van der Waals surface area (Å²) < 4.78 is 266. The number of halogens is 17. The predicted molar refractivity (Wildman–Crippen MR) is 137 cm³/mol. The van der Waals surface area contributed by atoms with E-state index < -0.39 is 145 Å². The number of hydrogen-bond donors (Lipinski definition) is 1. The molecule has 0 aromatic rings. The molecule has 51 heavy (non-hydrogen) atoms. The van der Waals surface area contributed by atoms with E-state index in [9.17, 15) is 79.5 Å². The first-order chi connectivity index (χ1) is 23.0. The van der Waals surface area contributed by atoms with Crippen molar-refractivity contribution in [1.82, 2.24) is 0 Å². The molecule has 0 bridgehead atoms. The van der Waals surface area contributed by atoms with Crippen molar-refractivity contribution >= 4 is 23.0 Å². The van der Waals surface area contributed by atoms with Crippen LogP contribution in [0.3, 0.4) is 0 Å². The van der Waals surface area contributed by atoms with Gasteiger partial charge in [-0.3, -0.25) is 23.3 Å². The molecule has 1 rings (SSSR count). The summed E-state index contributed by atoms with van der Waals surface area (Å²) in [6.07, 6.45) is -21.8. The van der Waals surface area contributed by atoms with Gasteiger partial charge in [-0.05, 0) is 0 Å². The van der Waals surface area contributed by atoms with Crippen LogP contribution in [0.15, 0.2) is 13.5 Å². The van der Waals surface area contributed by atoms with E-state index in [1.165, 1.54) is 0 Å². The Labute approximate surface area is 275 Å². The number of ether oxygens (including phenoxy) is 3. The van der Waals surface area contributed by atoms with Crippen molar-refractivity contribution in [3.05, 3.63) is 0 Å². The van der Waals surface area contributed by atoms with E-state index in [1.807, 2.05) is 0 Å². The standard InChI is InChI=1S/C19H27F17N3O9P3/c20-4-9-44-50(45-10-5-21)37-49(40,46-11-14(22,23)1-6-41-17(28,29)30)38-51(39-50,47-12-15(24,25)2-7-42-18(31,32)33)48-13-16(26,27)3-8-43-19(34,35)36/h40H,1-13H2. The number of nitrogens with zero attached hydrogens (tertiary/aromatic N) is 3. The Hall–Kier alpha value is -0.860. The molecular weight excluding hydrogens is 830 g/mol. The third-order valence-corrected chi connectivity index (χ3v) is 12.8. The lowest BCUT2D eigenvalue weighted by molar-refractivity contribution is -0.328. The second kappa shape index (κ2) is 19.1. The summed E-state index contributed by atoms with van der Waals surface area (Å²) in [5.41, 5.74) is 0. The predicted octanol–water partition coefficient (Wildman–Crippen LogP) is 9.54. The fourth-order valence-corrected chi connectivity index (χ4v) is 11.6. The first-order valence-corrected chi connectivity index (χ1v) is 17.9. The van der Waals surface area contributed by atoms with Crippen molar-refractivity contribution in [3.8, 4) is 0 Å². The highest BCUT2D eigenvalue weighted by molar-refractivity contribution is 7.78. The van der Waals surface area contributed by atoms with Gasteiger partial charge in [0.15, 0.2) is 0 Å². The van der Waals surface area contributed by atoms with Gasteiger partial charge in [0.1, 0.15) is 33.2 Å². The minimum Gasteiger partial charge on any atom is -0.322 e. The molecule has 0 spiro atoms. The summed E-state index contributed by atoms with van der Waals surface area (Å²) in [4.78, 5) is 11.0. The van der Waals surface area contributed by atoms with Crippen molar-refractivity contribution in [1.29, 1.82) is 0 Å². The van der Waals surface area contributed by atoms with Gasteiger partial charge in [0.25, 0.3) is 17.8 Å². The lowest BCUT2D eigenvalue weighted by Crippen LogP contribution is -2.29. The Morgan fingerprint density at radius 2 is 0.725 bits per heavy atom. The van der Waals surface area contributed by atoms with E-state index >= 15 is 0 Å². The van der Waals surface area contributed by atoms with Crippen molar-refractivity contribution in [2.75, 3.05) is 66.2 Å². The number of rotatable bonds is 24. The van der Waals surface area contributed by atoms with Crippen molar-refractivity contribution in [2.45, 2.75) is 56.1 Å². The molecule has 12 nitrogen and oxygen atoms in total. The van der Waals surface area contributed by atoms with Gasteiger partial charge in [-0.1, -0.05) is 0 Å². The zero-order valence-corrected chi connectivity index (χ0v) is 27.7. The molecule has 32 heteroatoms. The Morgan fingerprint density at radius 3 is 1.04 bits per heavy atom. The minimum atomic E-state index is -5.68. The Kier molecular flexibility index (Phi) is 18.1. The average molecular weight is 857 g/mol. The van der Waals surface area contributed by atoms with Crippen molar-refractivity contribution in [3.63, 3.8) is 0 Å². The van der Waals surface area contributed by atoms with Crippen LogP contribution in [-0.4, -0.2) is 108 Å². The molecule has 0 aliphatic carbocycles. The maximum absolute atomic E-state index is 14.6. The monoisotopic (exact) mass is 857 g/mol. The molecule has 1 aliphatic heterocycles. The smallest absolute Gasteiger partial charge is 0.322 e. The summed E-state index contributed by atoms with van der Waals surface area (Å²) in [5, 5.41) is 0. The third kappa shape index (κ3) is 21.0. The summed E-state index contributed by atoms with van der Waals surface area (Å²) in [6, 6.07) is 0. The van der Waals surface area contributed by atoms with Crippen molar-refractivity contribution < 1.29 is 116 Å². The lowest BCUT2D eigenvalue weighted by Gasteiger charge is -2.33. The molecule has 1 aliphatic rings. The maximum atomic E-state index is 14.6. The molecule has 0 saturated carbocycles. The number of hydrogen-bond acceptors (Lipinski definition) is 11. The molecule has 1 unspecified atom stereocenters. The van der Waals surface area contributed by atoms with E-state index in [4.69, 9.17) is 18.1 Å². The van der Waals surface area contributed by atoms with Gasteiger partial charge >= 0.3 is 42.1 Å². The quantitative estimate of drug-likeness (QED) is 0.0745. The van der Waals surface area contributed by atoms with E-state index in [0.29, 0.717) is 0 Å². The van der Waals surface area contributed by atoms with Crippen LogP contribution in [-0.2, 0) is 36.8 Å². The van der Waals surface area contributed by atoms with Crippen LogP contribution < -0.4 is 0 Å². The molecule has 0 radical (unpaired) electrons. The first kappa shape index (κ1) is 48.2. The topological polar surface area (TPSA) is 131 Å². The lowest BCUT2D eigenvalue weighted by atomic mass is 10.3. The Bertz CT molecular complexity index is 1200. The normalized spacial score (nSPS) is 20.1. The Morgan fingerprint density at radius 1 is 0.412 bits per heavy atom. The van der Waals surface area contributed by atoms with Gasteiger partial charge in [0.2, 0.25) is 0 Å². The molecule has 1 N–H and O–H groups in total. The van der Waals surface area contributed by atoms with Gasteiger partial charge in [-0.2, -0.15) is 0 Å². The summed E-state index contributed by atoms with van der Waals surface area (Å²) in [7, 11) is -16.5. The highest BCUT2D eigenvalue weighted by Gasteiger charge is 2.47. The van der Waals surface area contributed by atoms with Crippen LogP contribution in [0.2, 0.25) is 0 Å². The number of alkyl halides is 17. The molecule has 0 aromatic carbocycles. The SMILES string of the molecule is OP1(OCC(F)(F)CCOC(F)(F)F)=NP(OCCF)(OCCF)=NP(OCC(F)(F)CCOC(F)(F)F)(OCC(F)(F)CCOC(F)(F)F)=N1. The highest BCUT2D eigenvalue weighted by Crippen LogP contribution is 2.79. The fraction of sp³-hybridized carbons (Fsp3) is 1.00. The first-order valence-electron chi connectivity index (χ1n) is 13.2. The fourth-order valence-electron chi connectivity index (χ4n) is 2.83. The van der Waals surface area contributed by atoms with Crippen LogP contribution in [0.25, 0.3) is 0 Å². The Balaban J connectivity index is 3.72. The van der Waals surface area contributed by atoms with Crippen LogP contribution in [0.1, 0.15) is 19.3 Å². The van der Waals surface area contributed by atoms with E-state index in [1.54, 1.807) is 0 Å². The van der Waals surface area contributed by atoms with Crippen molar-refractivity contribution in [2.24, 2.45) is 13.5 Å². The van der Waals surface area contributed by atoms with E-state index in [2.05, 4.69) is 32.3 Å². The molecule has 1 atom stereocenters. The van der Waals surface area contributed by atoms with Crippen LogP contribution >= 0.6 is 23.0 Å². The second-order valence-electron chi connectivity index (χ2n) is 9.33. The molecule has 306 valence electrons. The van der Waals surface area contributed by atoms with Crippen LogP contribution in [0, 0.1) is 0 Å². The van der Waals surface area contributed by atoms with Gasteiger partial charge in [0, 0.05) is 19.3 Å². The van der Waals surface area contributed by atoms with Crippen LogP contribution in [0.4, 0.5) is 74.6 Å². The zero-order chi connectivity index (χ0) is 39.5. The third-order valence-electron chi connectivity index (χ3n) is 4.90. The molecule has 0 amide bonds. The molecule has 0 saturated heterocycles. The average Bonchev–Trinajstić information content (AvgIpc) is 2.94. The van der Waals surface area contributed by atoms with Gasteiger partial charge < -0.3 is 18.5 Å². The second-order valence-corrected chi connectivity index (χ2v) is 15.8. The van der Waals surface area contributed by atoms with Gasteiger partial charge in [-0.25, -0.2) is 35.1 Å². The minimum absolute atomic E-state index is 1.23. The summed E-state index contributed by atoms with van der Waals surface area (Å²) in [5.74, 6) is -13.4. The highest BCUT2D eigenvalue weighted by atomic mass is 31.3. The summed E-state index contributed by atoms with van der Waals surface area (Å²) >= 11 is 0. The molecular formula is C19H27F17N3O9P3. The van der Waals surface area contributed by atoms with Gasteiger partial charge in [0.05, 0.1) is 33.0 Å². The molecule has 1 heterocycles. The van der Waals surface area contributed by atoms with Gasteiger partial charge in [-0.15, -0.1) is 53.1 Å². The largest absolute Gasteiger partial charge is 0.522 e. The summed E-state index contributed by atoms with van der Waals surface area (Å²) in [6.45, 7) is -17.5. The zero-order valence-electron chi connectivity index (χ0n) is 25.0. The van der Waals surface area contributed by atoms with E-state index in [-0.39, 0.29) is 0 Å². The van der Waals surface area contributed by atoms with Crippen LogP contribution in [0.5, 0.6) is 0 Å². The maximum Gasteiger partial charge on any atom is 0.522 e. The molecule has 0 fully saturated rings. The molecule has 0 aromatic heterocycles. The van der Waals surface area contributed by atoms with E-state index in [0.717, 1.165) is 0 Å².